The van der Waals surface area contributed by atoms with Crippen molar-refractivity contribution < 1.29 is 23.9 Å². The minimum Gasteiger partial charge on any atom is -0.496 e. The van der Waals surface area contributed by atoms with Gasteiger partial charge in [0.05, 0.1) is 12.7 Å². The van der Waals surface area contributed by atoms with Crippen molar-refractivity contribution in [3.8, 4) is 11.5 Å². The minimum atomic E-state index is -0.429. The van der Waals surface area contributed by atoms with Crippen molar-refractivity contribution in [2.75, 3.05) is 26.7 Å². The van der Waals surface area contributed by atoms with Gasteiger partial charge in [-0.2, -0.15) is 0 Å². The lowest BCUT2D eigenvalue weighted by molar-refractivity contribution is -0.131. The topological polar surface area (TPSA) is 84.9 Å². The van der Waals surface area contributed by atoms with E-state index in [2.05, 4.69) is 5.32 Å². The molecule has 1 aliphatic heterocycles. The Labute approximate surface area is 176 Å². The summed E-state index contributed by atoms with van der Waals surface area (Å²) in [4.78, 5) is 38.1. The lowest BCUT2D eigenvalue weighted by Gasteiger charge is -2.32. The maximum Gasteiger partial charge on any atom is 0.308 e. The van der Waals surface area contributed by atoms with E-state index in [9.17, 15) is 14.4 Å². The maximum absolute atomic E-state index is 12.8. The van der Waals surface area contributed by atoms with Crippen LogP contribution in [-0.4, -0.2) is 49.4 Å². The predicted octanol–water partition coefficient (Wildman–Crippen LogP) is 2.90. The van der Waals surface area contributed by atoms with E-state index in [-0.39, 0.29) is 11.8 Å². The second kappa shape index (κ2) is 9.91. The summed E-state index contributed by atoms with van der Waals surface area (Å²) >= 11 is 0. The Kier molecular flexibility index (Phi) is 7.06. The molecule has 0 unspecified atom stereocenters. The minimum absolute atomic E-state index is 0.0304. The molecule has 158 valence electrons. The number of carbonyl (C=O) groups is 3. The van der Waals surface area contributed by atoms with E-state index in [0.717, 1.165) is 12.8 Å². The van der Waals surface area contributed by atoms with Crippen molar-refractivity contribution in [3.05, 3.63) is 59.7 Å². The number of benzene rings is 2. The fraction of sp³-hybridized carbons (Fsp3) is 0.348. The van der Waals surface area contributed by atoms with E-state index < -0.39 is 5.97 Å². The molecule has 1 saturated heterocycles. The summed E-state index contributed by atoms with van der Waals surface area (Å²) in [6, 6.07) is 13.8. The van der Waals surface area contributed by atoms with Gasteiger partial charge >= 0.3 is 5.97 Å². The van der Waals surface area contributed by atoms with Crippen molar-refractivity contribution in [2.24, 2.45) is 5.92 Å². The average molecular weight is 410 g/mol. The number of nitrogens with one attached hydrogen (secondary N) is 1. The number of piperidine rings is 1. The highest BCUT2D eigenvalue weighted by atomic mass is 16.5. The zero-order chi connectivity index (χ0) is 21.5. The molecule has 7 nitrogen and oxygen atoms in total. The van der Waals surface area contributed by atoms with E-state index in [0.29, 0.717) is 48.2 Å². The van der Waals surface area contributed by atoms with Crippen LogP contribution in [0, 0.1) is 5.92 Å². The molecule has 0 atom stereocenters. The summed E-state index contributed by atoms with van der Waals surface area (Å²) in [6.07, 6.45) is 1.63. The quantitative estimate of drug-likeness (QED) is 0.585. The van der Waals surface area contributed by atoms with Crippen molar-refractivity contribution in [2.45, 2.75) is 19.8 Å². The molecular weight excluding hydrogens is 384 g/mol. The van der Waals surface area contributed by atoms with Gasteiger partial charge in [-0.3, -0.25) is 14.4 Å². The van der Waals surface area contributed by atoms with Crippen molar-refractivity contribution >= 4 is 17.8 Å². The smallest absolute Gasteiger partial charge is 0.308 e. The van der Waals surface area contributed by atoms with Gasteiger partial charge in [0.25, 0.3) is 11.8 Å². The Balaban J connectivity index is 1.50. The third kappa shape index (κ3) is 5.37. The predicted molar refractivity (Wildman–Crippen MR) is 112 cm³/mol. The molecule has 2 aromatic carbocycles. The summed E-state index contributed by atoms with van der Waals surface area (Å²) in [6.45, 7) is 3.13. The molecule has 0 saturated carbocycles. The number of hydrogen-bond donors (Lipinski definition) is 1. The second-order valence-electron chi connectivity index (χ2n) is 7.27. The summed E-state index contributed by atoms with van der Waals surface area (Å²) in [5.74, 6) is 0.550. The summed E-state index contributed by atoms with van der Waals surface area (Å²) < 4.78 is 10.3. The van der Waals surface area contributed by atoms with Crippen LogP contribution >= 0.6 is 0 Å². The van der Waals surface area contributed by atoms with E-state index in [1.165, 1.54) is 6.92 Å². The first-order chi connectivity index (χ1) is 14.5. The number of methoxy groups -OCH3 is 1. The van der Waals surface area contributed by atoms with Crippen LogP contribution in [-0.2, 0) is 4.79 Å². The van der Waals surface area contributed by atoms with Crippen LogP contribution in [0.2, 0.25) is 0 Å². The molecule has 30 heavy (non-hydrogen) atoms. The third-order valence-electron chi connectivity index (χ3n) is 5.15. The van der Waals surface area contributed by atoms with Crippen molar-refractivity contribution in [1.29, 1.82) is 0 Å². The summed E-state index contributed by atoms with van der Waals surface area (Å²) in [5, 5.41) is 2.94. The van der Waals surface area contributed by atoms with Crippen LogP contribution in [0.4, 0.5) is 0 Å². The van der Waals surface area contributed by atoms with Crippen LogP contribution in [0.5, 0.6) is 11.5 Å². The molecule has 0 aromatic heterocycles. The van der Waals surface area contributed by atoms with Gasteiger partial charge in [-0.1, -0.05) is 18.2 Å². The fourth-order valence-electron chi connectivity index (χ4n) is 3.54. The number of carbonyl (C=O) groups excluding carboxylic acids is 3. The third-order valence-corrected chi connectivity index (χ3v) is 5.15. The second-order valence-corrected chi connectivity index (χ2v) is 7.27. The summed E-state index contributed by atoms with van der Waals surface area (Å²) in [5.41, 5.74) is 1.01. The van der Waals surface area contributed by atoms with Gasteiger partial charge < -0.3 is 19.7 Å². The van der Waals surface area contributed by atoms with E-state index in [1.807, 2.05) is 17.0 Å². The number of hydrogen-bond acceptors (Lipinski definition) is 5. The molecule has 7 heteroatoms. The number of likely N-dealkylation sites (tertiary alicyclic amines) is 1. The molecular formula is C23H26N2O5. The highest BCUT2D eigenvalue weighted by Gasteiger charge is 2.25. The molecule has 1 heterocycles. The highest BCUT2D eigenvalue weighted by Crippen LogP contribution is 2.23. The van der Waals surface area contributed by atoms with Crippen LogP contribution in [0.1, 0.15) is 40.5 Å². The van der Waals surface area contributed by atoms with Gasteiger partial charge in [0.15, 0.2) is 0 Å². The van der Waals surface area contributed by atoms with Gasteiger partial charge in [-0.05, 0) is 49.1 Å². The van der Waals surface area contributed by atoms with Crippen molar-refractivity contribution in [1.82, 2.24) is 10.2 Å². The highest BCUT2D eigenvalue weighted by molar-refractivity contribution is 5.97. The number of rotatable bonds is 6. The largest absolute Gasteiger partial charge is 0.496 e. The average Bonchev–Trinajstić information content (AvgIpc) is 2.77. The molecule has 0 aliphatic carbocycles. The molecule has 2 aromatic rings. The van der Waals surface area contributed by atoms with E-state index >= 15 is 0 Å². The van der Waals surface area contributed by atoms with Gasteiger partial charge in [-0.25, -0.2) is 0 Å². The summed E-state index contributed by atoms with van der Waals surface area (Å²) in [7, 11) is 1.56. The van der Waals surface area contributed by atoms with Gasteiger partial charge in [-0.15, -0.1) is 0 Å². The number of para-hydroxylation sites is 1. The Hall–Kier alpha value is -3.35. The molecule has 1 N–H and O–H groups in total. The Morgan fingerprint density at radius 3 is 2.50 bits per heavy atom. The van der Waals surface area contributed by atoms with Crippen LogP contribution < -0.4 is 14.8 Å². The molecule has 1 aliphatic rings. The first-order valence-electron chi connectivity index (χ1n) is 9.97. The van der Waals surface area contributed by atoms with Crippen LogP contribution in [0.25, 0.3) is 0 Å². The monoisotopic (exact) mass is 410 g/mol. The van der Waals surface area contributed by atoms with Gasteiger partial charge in [0, 0.05) is 32.1 Å². The molecule has 2 amide bonds. The number of amides is 2. The molecule has 1 fully saturated rings. The number of nitrogens with zero attached hydrogens (tertiary/aromatic N) is 1. The molecule has 3 rings (SSSR count). The SMILES string of the molecule is COc1ccccc1C(=O)N1CCC(CNC(=O)c2cccc(OC(C)=O)c2)CC1. The van der Waals surface area contributed by atoms with E-state index in [4.69, 9.17) is 9.47 Å². The standard InChI is InChI=1S/C23H26N2O5/c1-16(26)30-19-7-5-6-18(14-19)22(27)24-15-17-10-12-25(13-11-17)23(28)20-8-3-4-9-21(20)29-2/h3-9,14,17H,10-13,15H2,1-2H3,(H,24,27). The Morgan fingerprint density at radius 1 is 1.07 bits per heavy atom. The first kappa shape index (κ1) is 21.4. The first-order valence-corrected chi connectivity index (χ1v) is 9.97. The van der Waals surface area contributed by atoms with Crippen LogP contribution in [0.3, 0.4) is 0 Å². The Bertz CT molecular complexity index is 919. The lowest BCUT2D eigenvalue weighted by atomic mass is 9.96. The lowest BCUT2D eigenvalue weighted by Crippen LogP contribution is -2.41. The molecule has 0 bridgehead atoms. The van der Waals surface area contributed by atoms with E-state index in [1.54, 1.807) is 43.5 Å². The van der Waals surface area contributed by atoms with Crippen LogP contribution in [0.15, 0.2) is 48.5 Å². The van der Waals surface area contributed by atoms with Gasteiger partial charge in [0.1, 0.15) is 11.5 Å². The molecule has 0 spiro atoms. The number of esters is 1. The maximum atomic E-state index is 12.8. The fourth-order valence-corrected chi connectivity index (χ4v) is 3.54. The molecule has 0 radical (unpaired) electrons. The zero-order valence-corrected chi connectivity index (χ0v) is 17.2. The number of ether oxygens (including phenoxy) is 2. The Morgan fingerprint density at radius 2 is 1.80 bits per heavy atom. The van der Waals surface area contributed by atoms with Crippen molar-refractivity contribution in [3.63, 3.8) is 0 Å². The zero-order valence-electron chi connectivity index (χ0n) is 17.2. The normalized spacial score (nSPS) is 14.1. The van der Waals surface area contributed by atoms with Gasteiger partial charge in [0.2, 0.25) is 0 Å².